The molecule has 0 atom stereocenters. The Morgan fingerprint density at radius 1 is 0.973 bits per heavy atom. The summed E-state index contributed by atoms with van der Waals surface area (Å²) in [6, 6.07) is 11.5. The van der Waals surface area contributed by atoms with Crippen LogP contribution in [0.15, 0.2) is 70.7 Å². The van der Waals surface area contributed by atoms with Gasteiger partial charge in [0.1, 0.15) is 11.6 Å². The third-order valence-corrected chi connectivity index (χ3v) is 4.73. The highest BCUT2D eigenvalue weighted by Crippen LogP contribution is 2.33. The second kappa shape index (κ2) is 10.7. The maximum absolute atomic E-state index is 13.7. The molecule has 37 heavy (non-hydrogen) atoms. The average molecular weight is 514 g/mol. The summed E-state index contributed by atoms with van der Waals surface area (Å²) in [5.74, 6) is -1.51. The lowest BCUT2D eigenvalue weighted by molar-refractivity contribution is -0.139. The number of halogens is 4. The molecule has 0 aliphatic heterocycles. The molecule has 0 bridgehead atoms. The van der Waals surface area contributed by atoms with Crippen molar-refractivity contribution in [2.45, 2.75) is 12.7 Å². The molecule has 14 heteroatoms. The highest BCUT2D eigenvalue weighted by Gasteiger charge is 2.34. The molecule has 5 N–H and O–H groups in total. The van der Waals surface area contributed by atoms with Crippen LogP contribution in [-0.4, -0.2) is 31.3 Å². The first-order valence-corrected chi connectivity index (χ1v) is 10.6. The number of anilines is 4. The van der Waals surface area contributed by atoms with Gasteiger partial charge in [0.05, 0.1) is 11.8 Å². The number of phenols is 1. The summed E-state index contributed by atoms with van der Waals surface area (Å²) < 4.78 is 53.0. The third kappa shape index (κ3) is 7.00. The number of hydrogen-bond acceptors (Lipinski definition) is 9. The minimum absolute atomic E-state index is 0.0317. The molecule has 0 aliphatic carbocycles. The zero-order valence-electron chi connectivity index (χ0n) is 18.7. The smallest absolute Gasteiger partial charge is 0.419 e. The molecule has 0 amide bonds. The summed E-state index contributed by atoms with van der Waals surface area (Å²) in [4.78, 5) is 26.2. The van der Waals surface area contributed by atoms with E-state index in [1.54, 1.807) is 18.2 Å². The Morgan fingerprint density at radius 3 is 2.41 bits per heavy atom. The van der Waals surface area contributed by atoms with Crippen LogP contribution >= 0.6 is 0 Å². The Kier molecular flexibility index (Phi) is 7.27. The Labute approximate surface area is 206 Å². The SMILES string of the molecule is O=c1ccc(CNc2nc(N/N=C/c3ccc(O)cc3)nc(Nc3ccc(F)c(C(F)(F)F)c3)n2)c[nH]1. The van der Waals surface area contributed by atoms with Crippen molar-refractivity contribution in [3.8, 4) is 5.75 Å². The molecule has 0 fully saturated rings. The van der Waals surface area contributed by atoms with E-state index in [1.165, 1.54) is 30.6 Å². The largest absolute Gasteiger partial charge is 0.508 e. The second-order valence-corrected chi connectivity index (χ2v) is 7.50. The van der Waals surface area contributed by atoms with Gasteiger partial charge in [-0.25, -0.2) is 9.82 Å². The third-order valence-electron chi connectivity index (χ3n) is 4.73. The van der Waals surface area contributed by atoms with E-state index in [-0.39, 0.29) is 41.4 Å². The van der Waals surface area contributed by atoms with Crippen LogP contribution in [0.5, 0.6) is 5.75 Å². The summed E-state index contributed by atoms with van der Waals surface area (Å²) >= 11 is 0. The minimum atomic E-state index is -4.89. The average Bonchev–Trinajstić information content (AvgIpc) is 2.85. The lowest BCUT2D eigenvalue weighted by Gasteiger charge is -2.12. The van der Waals surface area contributed by atoms with E-state index < -0.39 is 17.6 Å². The molecule has 4 aromatic rings. The molecule has 0 aliphatic rings. The van der Waals surface area contributed by atoms with Crippen molar-refractivity contribution < 1.29 is 22.7 Å². The number of aromatic amines is 1. The Morgan fingerprint density at radius 2 is 1.70 bits per heavy atom. The Bertz CT molecular complexity index is 1450. The number of aromatic nitrogens is 4. The molecule has 0 spiro atoms. The van der Waals surface area contributed by atoms with E-state index in [4.69, 9.17) is 0 Å². The lowest BCUT2D eigenvalue weighted by Crippen LogP contribution is -2.11. The molecule has 0 unspecified atom stereocenters. The van der Waals surface area contributed by atoms with E-state index in [1.807, 2.05) is 0 Å². The fourth-order valence-electron chi connectivity index (χ4n) is 2.97. The molecule has 190 valence electrons. The number of phenolic OH excluding ortho intramolecular Hbond substituents is 1. The van der Waals surface area contributed by atoms with E-state index in [0.29, 0.717) is 23.3 Å². The fraction of sp³-hybridized carbons (Fsp3) is 0.0870. The summed E-state index contributed by atoms with van der Waals surface area (Å²) in [6.45, 7) is 0.200. The molecule has 10 nitrogen and oxygen atoms in total. The summed E-state index contributed by atoms with van der Waals surface area (Å²) in [7, 11) is 0. The van der Waals surface area contributed by atoms with Gasteiger partial charge in [0.2, 0.25) is 23.4 Å². The van der Waals surface area contributed by atoms with Gasteiger partial charge in [-0.1, -0.05) is 6.07 Å². The van der Waals surface area contributed by atoms with Crippen molar-refractivity contribution in [3.63, 3.8) is 0 Å². The van der Waals surface area contributed by atoms with Gasteiger partial charge < -0.3 is 20.7 Å². The Hall–Kier alpha value is -5.01. The van der Waals surface area contributed by atoms with E-state index in [9.17, 15) is 27.5 Å². The highest BCUT2D eigenvalue weighted by atomic mass is 19.4. The van der Waals surface area contributed by atoms with Gasteiger partial charge in [0.15, 0.2) is 0 Å². The highest BCUT2D eigenvalue weighted by molar-refractivity contribution is 5.80. The predicted molar refractivity (Wildman–Crippen MR) is 128 cm³/mol. The van der Waals surface area contributed by atoms with Gasteiger partial charge in [0.25, 0.3) is 0 Å². The maximum atomic E-state index is 13.7. The van der Waals surface area contributed by atoms with Crippen LogP contribution in [-0.2, 0) is 12.7 Å². The van der Waals surface area contributed by atoms with E-state index >= 15 is 0 Å². The summed E-state index contributed by atoms with van der Waals surface area (Å²) in [6.07, 6.45) is -1.97. The fourth-order valence-corrected chi connectivity index (χ4v) is 2.97. The maximum Gasteiger partial charge on any atom is 0.419 e. The molecule has 2 heterocycles. The van der Waals surface area contributed by atoms with Crippen molar-refractivity contribution in [3.05, 3.63) is 93.7 Å². The van der Waals surface area contributed by atoms with Gasteiger partial charge in [-0.3, -0.25) is 4.79 Å². The van der Waals surface area contributed by atoms with Crippen molar-refractivity contribution in [1.29, 1.82) is 0 Å². The number of alkyl halides is 3. The number of rotatable bonds is 8. The van der Waals surface area contributed by atoms with Crippen LogP contribution in [0.25, 0.3) is 0 Å². The van der Waals surface area contributed by atoms with Crippen LogP contribution < -0.4 is 21.6 Å². The normalized spacial score (nSPS) is 11.5. The first-order chi connectivity index (χ1) is 17.7. The number of benzene rings is 2. The molecule has 2 aromatic carbocycles. The van der Waals surface area contributed by atoms with Gasteiger partial charge in [-0.15, -0.1) is 0 Å². The number of pyridine rings is 1. The first-order valence-electron chi connectivity index (χ1n) is 10.6. The second-order valence-electron chi connectivity index (χ2n) is 7.50. The van der Waals surface area contributed by atoms with Crippen molar-refractivity contribution in [1.82, 2.24) is 19.9 Å². The van der Waals surface area contributed by atoms with Crippen molar-refractivity contribution in [2.24, 2.45) is 5.10 Å². The van der Waals surface area contributed by atoms with Crippen LogP contribution in [0.3, 0.4) is 0 Å². The standard InChI is InChI=1S/C23H18F4N8O2/c24-18-7-4-15(9-17(18)23(25,26)27)31-21-32-20(29-11-14-3-8-19(37)28-10-14)33-22(34-21)35-30-12-13-1-5-16(36)6-2-13/h1-10,12,36H,11H2,(H,28,37)(H3,29,31,32,33,34,35)/b30-12+. The molecule has 0 saturated carbocycles. The van der Waals surface area contributed by atoms with Crippen LogP contribution in [0.4, 0.5) is 41.1 Å². The molecular formula is C23H18F4N8O2. The van der Waals surface area contributed by atoms with Crippen LogP contribution in [0, 0.1) is 5.82 Å². The molecule has 0 radical (unpaired) electrons. The van der Waals surface area contributed by atoms with E-state index in [0.717, 1.165) is 6.07 Å². The van der Waals surface area contributed by atoms with Crippen LogP contribution in [0.2, 0.25) is 0 Å². The Balaban J connectivity index is 1.58. The predicted octanol–water partition coefficient (Wildman–Crippen LogP) is 4.23. The monoisotopic (exact) mass is 514 g/mol. The molecule has 2 aromatic heterocycles. The number of hydrogen-bond donors (Lipinski definition) is 5. The quantitative estimate of drug-likeness (QED) is 0.134. The van der Waals surface area contributed by atoms with Crippen molar-refractivity contribution in [2.75, 3.05) is 16.1 Å². The lowest BCUT2D eigenvalue weighted by atomic mass is 10.2. The molecular weight excluding hydrogens is 496 g/mol. The number of nitrogens with zero attached hydrogens (tertiary/aromatic N) is 4. The zero-order valence-corrected chi connectivity index (χ0v) is 18.7. The number of H-pyrrole nitrogens is 1. The molecule has 4 rings (SSSR count). The van der Waals surface area contributed by atoms with Crippen molar-refractivity contribution >= 4 is 29.7 Å². The number of hydrazone groups is 1. The first kappa shape index (κ1) is 25.1. The molecule has 0 saturated heterocycles. The zero-order chi connectivity index (χ0) is 26.4. The van der Waals surface area contributed by atoms with Crippen LogP contribution in [0.1, 0.15) is 16.7 Å². The topological polar surface area (TPSA) is 140 Å². The van der Waals surface area contributed by atoms with E-state index in [2.05, 4.69) is 41.1 Å². The summed E-state index contributed by atoms with van der Waals surface area (Å²) in [5, 5.41) is 18.9. The number of aromatic hydroxyl groups is 1. The van der Waals surface area contributed by atoms with Gasteiger partial charge in [-0.2, -0.15) is 33.2 Å². The van der Waals surface area contributed by atoms with Gasteiger partial charge in [-0.05, 0) is 53.6 Å². The van der Waals surface area contributed by atoms with Gasteiger partial charge in [0, 0.05) is 24.5 Å². The summed E-state index contributed by atoms with van der Waals surface area (Å²) in [5.41, 5.74) is 2.13. The van der Waals surface area contributed by atoms with Gasteiger partial charge >= 0.3 is 6.18 Å². The number of nitrogens with one attached hydrogen (secondary N) is 4. The minimum Gasteiger partial charge on any atom is -0.508 e.